The molecule has 0 aromatic heterocycles. The third-order valence-corrected chi connectivity index (χ3v) is 6.43. The number of methoxy groups -OCH3 is 2. The Morgan fingerprint density at radius 3 is 2.44 bits per heavy atom. The number of fused-ring (bicyclic) bond motifs is 1. The molecule has 0 radical (unpaired) electrons. The van der Waals surface area contributed by atoms with E-state index in [2.05, 4.69) is 5.32 Å². The van der Waals surface area contributed by atoms with Crippen LogP contribution >= 0.6 is 0 Å². The standard InChI is InChI=1S/C19H22N2O5S/c1-12-9-14-7-5-6-8-16(14)21(12)27(23,24)19-10-15(20-13(2)22)17(25-3)11-18(19)26-4/h5-8,10-12H,9H2,1-4H3,(H,20,22)/t12-/m1/s1. The molecule has 2 aromatic carbocycles. The van der Waals surface area contributed by atoms with Crippen LogP contribution < -0.4 is 19.1 Å². The van der Waals surface area contributed by atoms with Crippen molar-refractivity contribution in [2.24, 2.45) is 0 Å². The maximum absolute atomic E-state index is 13.5. The number of hydrogen-bond donors (Lipinski definition) is 1. The summed E-state index contributed by atoms with van der Waals surface area (Å²) < 4.78 is 39.0. The van der Waals surface area contributed by atoms with Crippen LogP contribution in [0.5, 0.6) is 11.5 Å². The van der Waals surface area contributed by atoms with Gasteiger partial charge in [-0.15, -0.1) is 0 Å². The van der Waals surface area contributed by atoms with Crippen LogP contribution in [0.4, 0.5) is 11.4 Å². The van der Waals surface area contributed by atoms with E-state index in [0.717, 1.165) is 5.56 Å². The SMILES string of the molecule is COc1cc(OC)c(S(=O)(=O)N2c3ccccc3C[C@H]2C)cc1NC(C)=O. The predicted octanol–water partition coefficient (Wildman–Crippen LogP) is 2.80. The van der Waals surface area contributed by atoms with E-state index in [1.54, 1.807) is 6.07 Å². The fraction of sp³-hybridized carbons (Fsp3) is 0.316. The number of para-hydroxylation sites is 1. The molecular weight excluding hydrogens is 368 g/mol. The normalized spacial score (nSPS) is 16.0. The quantitative estimate of drug-likeness (QED) is 0.849. The number of anilines is 2. The summed E-state index contributed by atoms with van der Waals surface area (Å²) in [5.41, 5.74) is 1.90. The number of nitrogens with zero attached hydrogens (tertiary/aromatic N) is 1. The van der Waals surface area contributed by atoms with Gasteiger partial charge in [-0.3, -0.25) is 9.10 Å². The molecule has 0 spiro atoms. The molecular formula is C19H22N2O5S. The van der Waals surface area contributed by atoms with Crippen molar-refractivity contribution in [2.45, 2.75) is 31.2 Å². The number of nitrogens with one attached hydrogen (secondary N) is 1. The molecule has 1 atom stereocenters. The van der Waals surface area contributed by atoms with Gasteiger partial charge in [0.15, 0.2) is 0 Å². The Labute approximate surface area is 158 Å². The van der Waals surface area contributed by atoms with Gasteiger partial charge in [-0.1, -0.05) is 18.2 Å². The van der Waals surface area contributed by atoms with Crippen LogP contribution in [0.3, 0.4) is 0 Å². The lowest BCUT2D eigenvalue weighted by Crippen LogP contribution is -2.36. The minimum absolute atomic E-state index is 0.0295. The van der Waals surface area contributed by atoms with E-state index < -0.39 is 10.0 Å². The molecule has 1 aliphatic heterocycles. The lowest BCUT2D eigenvalue weighted by atomic mass is 10.1. The zero-order valence-corrected chi connectivity index (χ0v) is 16.5. The van der Waals surface area contributed by atoms with Gasteiger partial charge in [-0.25, -0.2) is 8.42 Å². The maximum Gasteiger partial charge on any atom is 0.268 e. The van der Waals surface area contributed by atoms with Gasteiger partial charge in [0.25, 0.3) is 10.0 Å². The number of benzene rings is 2. The van der Waals surface area contributed by atoms with Gasteiger partial charge in [0.1, 0.15) is 16.4 Å². The van der Waals surface area contributed by atoms with Crippen molar-refractivity contribution in [2.75, 3.05) is 23.8 Å². The number of carbonyl (C=O) groups is 1. The van der Waals surface area contributed by atoms with Crippen molar-refractivity contribution in [3.8, 4) is 11.5 Å². The lowest BCUT2D eigenvalue weighted by Gasteiger charge is -2.26. The fourth-order valence-electron chi connectivity index (χ4n) is 3.37. The molecule has 2 aromatic rings. The second-order valence-corrected chi connectivity index (χ2v) is 8.15. The summed E-state index contributed by atoms with van der Waals surface area (Å²) in [6, 6.07) is 10.0. The Balaban J connectivity index is 2.18. The van der Waals surface area contributed by atoms with E-state index in [1.165, 1.54) is 37.6 Å². The fourth-order valence-corrected chi connectivity index (χ4v) is 5.23. The molecule has 0 saturated carbocycles. The molecule has 27 heavy (non-hydrogen) atoms. The molecule has 1 aliphatic rings. The molecule has 0 aliphatic carbocycles. The van der Waals surface area contributed by atoms with Crippen molar-refractivity contribution in [1.29, 1.82) is 0 Å². The van der Waals surface area contributed by atoms with Crippen molar-refractivity contribution < 1.29 is 22.7 Å². The summed E-state index contributed by atoms with van der Waals surface area (Å²) in [4.78, 5) is 11.5. The minimum atomic E-state index is -3.93. The molecule has 7 nitrogen and oxygen atoms in total. The molecule has 8 heteroatoms. The number of sulfonamides is 1. The molecule has 1 amide bonds. The van der Waals surface area contributed by atoms with Crippen LogP contribution in [0.15, 0.2) is 41.3 Å². The van der Waals surface area contributed by atoms with Crippen LogP contribution in [0, 0.1) is 0 Å². The topological polar surface area (TPSA) is 84.9 Å². The molecule has 0 saturated heterocycles. The van der Waals surface area contributed by atoms with Gasteiger partial charge in [-0.2, -0.15) is 0 Å². The number of rotatable bonds is 5. The van der Waals surface area contributed by atoms with Gasteiger partial charge in [0, 0.05) is 19.0 Å². The van der Waals surface area contributed by atoms with E-state index in [-0.39, 0.29) is 28.3 Å². The highest BCUT2D eigenvalue weighted by Gasteiger charge is 2.38. The van der Waals surface area contributed by atoms with Crippen LogP contribution in [0.2, 0.25) is 0 Å². The van der Waals surface area contributed by atoms with Crippen LogP contribution in [-0.2, 0) is 21.2 Å². The van der Waals surface area contributed by atoms with E-state index in [9.17, 15) is 13.2 Å². The first-order chi connectivity index (χ1) is 12.8. The van der Waals surface area contributed by atoms with Crippen molar-refractivity contribution in [1.82, 2.24) is 0 Å². The Bertz CT molecular complexity index is 988. The molecule has 144 valence electrons. The molecule has 0 unspecified atom stereocenters. The molecule has 1 heterocycles. The number of carbonyl (C=O) groups excluding carboxylic acids is 1. The largest absolute Gasteiger partial charge is 0.495 e. The summed E-state index contributed by atoms with van der Waals surface area (Å²) in [6.07, 6.45) is 0.631. The van der Waals surface area contributed by atoms with E-state index in [4.69, 9.17) is 9.47 Å². The zero-order chi connectivity index (χ0) is 19.8. The van der Waals surface area contributed by atoms with Crippen molar-refractivity contribution in [3.63, 3.8) is 0 Å². The Morgan fingerprint density at radius 1 is 1.15 bits per heavy atom. The van der Waals surface area contributed by atoms with Gasteiger partial charge in [0.2, 0.25) is 5.91 Å². The molecule has 3 rings (SSSR count). The average molecular weight is 390 g/mol. The molecule has 0 fully saturated rings. The lowest BCUT2D eigenvalue weighted by molar-refractivity contribution is -0.114. The third-order valence-electron chi connectivity index (χ3n) is 4.48. The highest BCUT2D eigenvalue weighted by atomic mass is 32.2. The number of amides is 1. The maximum atomic E-state index is 13.5. The van der Waals surface area contributed by atoms with Crippen molar-refractivity contribution in [3.05, 3.63) is 42.0 Å². The summed E-state index contributed by atoms with van der Waals surface area (Å²) >= 11 is 0. The number of hydrogen-bond acceptors (Lipinski definition) is 5. The number of ether oxygens (including phenoxy) is 2. The predicted molar refractivity (Wildman–Crippen MR) is 103 cm³/mol. The first kappa shape index (κ1) is 19.0. The summed E-state index contributed by atoms with van der Waals surface area (Å²) in [5.74, 6) is 0.134. The summed E-state index contributed by atoms with van der Waals surface area (Å²) in [6.45, 7) is 3.21. The zero-order valence-electron chi connectivity index (χ0n) is 15.6. The van der Waals surface area contributed by atoms with Gasteiger partial charge in [0.05, 0.1) is 25.6 Å². The van der Waals surface area contributed by atoms with Crippen molar-refractivity contribution >= 4 is 27.3 Å². The Kier molecular flexibility index (Phi) is 5.01. The smallest absolute Gasteiger partial charge is 0.268 e. The highest BCUT2D eigenvalue weighted by Crippen LogP contribution is 2.41. The van der Waals surface area contributed by atoms with Crippen LogP contribution in [-0.4, -0.2) is 34.6 Å². The third kappa shape index (κ3) is 3.32. The minimum Gasteiger partial charge on any atom is -0.495 e. The first-order valence-corrected chi connectivity index (χ1v) is 9.89. The first-order valence-electron chi connectivity index (χ1n) is 8.45. The molecule has 1 N–H and O–H groups in total. The van der Waals surface area contributed by atoms with Gasteiger partial charge >= 0.3 is 0 Å². The van der Waals surface area contributed by atoms with E-state index in [1.807, 2.05) is 25.1 Å². The van der Waals surface area contributed by atoms with E-state index >= 15 is 0 Å². The van der Waals surface area contributed by atoms with Crippen LogP contribution in [0.1, 0.15) is 19.4 Å². The Morgan fingerprint density at radius 2 is 1.81 bits per heavy atom. The monoisotopic (exact) mass is 390 g/mol. The van der Waals surface area contributed by atoms with Gasteiger partial charge < -0.3 is 14.8 Å². The van der Waals surface area contributed by atoms with E-state index in [0.29, 0.717) is 17.9 Å². The summed E-state index contributed by atoms with van der Waals surface area (Å²) in [7, 11) is -1.09. The highest BCUT2D eigenvalue weighted by molar-refractivity contribution is 7.93. The summed E-state index contributed by atoms with van der Waals surface area (Å²) in [5, 5.41) is 2.61. The van der Waals surface area contributed by atoms with Crippen LogP contribution in [0.25, 0.3) is 0 Å². The average Bonchev–Trinajstić information content (AvgIpc) is 2.97. The second-order valence-electron chi connectivity index (χ2n) is 6.37. The van der Waals surface area contributed by atoms with Gasteiger partial charge in [-0.05, 0) is 31.0 Å². The Hall–Kier alpha value is -2.74. The molecule has 0 bridgehead atoms. The second kappa shape index (κ2) is 7.11.